The van der Waals surface area contributed by atoms with Crippen LogP contribution in [0.25, 0.3) is 0 Å². The molecule has 0 heterocycles. The van der Waals surface area contributed by atoms with Gasteiger partial charge < -0.3 is 15.0 Å². The highest BCUT2D eigenvalue weighted by Crippen LogP contribution is 2.28. The fourth-order valence-electron chi connectivity index (χ4n) is 4.13. The van der Waals surface area contributed by atoms with E-state index in [-0.39, 0.29) is 23.0 Å². The van der Waals surface area contributed by atoms with Crippen molar-refractivity contribution in [2.75, 3.05) is 24.5 Å². The maximum Gasteiger partial charge on any atom is 0.264 e. The van der Waals surface area contributed by atoms with Crippen molar-refractivity contribution >= 4 is 39.1 Å². The highest BCUT2D eigenvalue weighted by molar-refractivity contribution is 7.92. The topological polar surface area (TPSA) is 96.0 Å². The number of carbonyl (C=O) groups is 2. The number of benzene rings is 3. The fraction of sp³-hybridized carbons (Fsp3) is 0.310. The third kappa shape index (κ3) is 7.52. The molecular weight excluding hydrogens is 538 g/mol. The second-order valence-electron chi connectivity index (χ2n) is 8.99. The Kier molecular flexibility index (Phi) is 10.4. The van der Waals surface area contributed by atoms with E-state index in [1.54, 1.807) is 67.6 Å². The van der Waals surface area contributed by atoms with E-state index >= 15 is 0 Å². The van der Waals surface area contributed by atoms with Gasteiger partial charge in [0, 0.05) is 24.2 Å². The van der Waals surface area contributed by atoms with Gasteiger partial charge in [-0.25, -0.2) is 8.42 Å². The minimum Gasteiger partial charge on any atom is -0.497 e. The minimum absolute atomic E-state index is 0.0451. The molecule has 0 bridgehead atoms. The fourth-order valence-corrected chi connectivity index (χ4v) is 5.66. The summed E-state index contributed by atoms with van der Waals surface area (Å²) in [5, 5.41) is 3.33. The summed E-state index contributed by atoms with van der Waals surface area (Å²) in [5.74, 6) is -0.394. The number of likely N-dealkylation sites (N-methyl/N-ethyl adjacent to an activating group) is 1. The summed E-state index contributed by atoms with van der Waals surface area (Å²) in [6.07, 6.45) is 0.342. The third-order valence-corrected chi connectivity index (χ3v) is 8.27. The number of halogens is 1. The Labute approximate surface area is 235 Å². The zero-order valence-corrected chi connectivity index (χ0v) is 24.1. The van der Waals surface area contributed by atoms with Crippen LogP contribution in [0.3, 0.4) is 0 Å². The van der Waals surface area contributed by atoms with Crippen molar-refractivity contribution in [3.8, 4) is 5.75 Å². The predicted octanol–water partition coefficient (Wildman–Crippen LogP) is 4.80. The number of hydrogen-bond acceptors (Lipinski definition) is 5. The molecule has 2 amide bonds. The van der Waals surface area contributed by atoms with Crippen molar-refractivity contribution in [1.82, 2.24) is 10.2 Å². The first-order valence-electron chi connectivity index (χ1n) is 12.7. The molecule has 0 fully saturated rings. The van der Waals surface area contributed by atoms with Crippen LogP contribution in [-0.4, -0.2) is 51.4 Å². The molecule has 0 aliphatic heterocycles. The summed E-state index contributed by atoms with van der Waals surface area (Å²) in [5.41, 5.74) is 1.92. The molecule has 10 heteroatoms. The standard InChI is InChI=1S/C29H34ClN3O5S/c1-5-27(29(35)31-6-2)32(19-22-12-14-23(30)15-13-22)28(34)20-33(24-8-7-9-25(18-24)38-4)39(36,37)26-16-10-21(3)11-17-26/h7-18,27H,5-6,19-20H2,1-4H3,(H,31,35). The molecule has 0 aromatic heterocycles. The van der Waals surface area contributed by atoms with Gasteiger partial charge in [0.05, 0.1) is 17.7 Å². The number of methoxy groups -OCH3 is 1. The highest BCUT2D eigenvalue weighted by atomic mass is 35.5. The van der Waals surface area contributed by atoms with Gasteiger partial charge in [-0.05, 0) is 62.2 Å². The van der Waals surface area contributed by atoms with E-state index in [9.17, 15) is 18.0 Å². The Morgan fingerprint density at radius 3 is 2.26 bits per heavy atom. The number of hydrogen-bond donors (Lipinski definition) is 1. The predicted molar refractivity (Wildman–Crippen MR) is 153 cm³/mol. The van der Waals surface area contributed by atoms with Gasteiger partial charge >= 0.3 is 0 Å². The van der Waals surface area contributed by atoms with Gasteiger partial charge in [-0.3, -0.25) is 13.9 Å². The van der Waals surface area contributed by atoms with E-state index in [0.29, 0.717) is 23.7 Å². The first-order valence-corrected chi connectivity index (χ1v) is 14.5. The SMILES string of the molecule is CCNC(=O)C(CC)N(Cc1ccc(Cl)cc1)C(=O)CN(c1cccc(OC)c1)S(=O)(=O)c1ccc(C)cc1. The Morgan fingerprint density at radius 1 is 1.00 bits per heavy atom. The summed E-state index contributed by atoms with van der Waals surface area (Å²) in [4.78, 5) is 28.4. The Bertz CT molecular complexity index is 1380. The average Bonchev–Trinajstić information content (AvgIpc) is 2.92. The van der Waals surface area contributed by atoms with Crippen LogP contribution in [0.15, 0.2) is 77.7 Å². The third-order valence-electron chi connectivity index (χ3n) is 6.23. The van der Waals surface area contributed by atoms with E-state index in [1.807, 2.05) is 13.8 Å². The number of nitrogens with one attached hydrogen (secondary N) is 1. The number of rotatable bonds is 12. The number of amides is 2. The van der Waals surface area contributed by atoms with E-state index in [0.717, 1.165) is 15.4 Å². The van der Waals surface area contributed by atoms with Crippen LogP contribution in [0.1, 0.15) is 31.4 Å². The maximum atomic E-state index is 14.0. The van der Waals surface area contributed by atoms with Crippen LogP contribution >= 0.6 is 11.6 Å². The quantitative estimate of drug-likeness (QED) is 0.337. The molecule has 1 unspecified atom stereocenters. The van der Waals surface area contributed by atoms with Crippen LogP contribution in [0.2, 0.25) is 5.02 Å². The molecule has 1 N–H and O–H groups in total. The zero-order valence-electron chi connectivity index (χ0n) is 22.6. The molecule has 0 aliphatic carbocycles. The molecule has 0 saturated heterocycles. The highest BCUT2D eigenvalue weighted by Gasteiger charge is 2.33. The normalized spacial score (nSPS) is 11.9. The van der Waals surface area contributed by atoms with Crippen LogP contribution in [-0.2, 0) is 26.2 Å². The summed E-state index contributed by atoms with van der Waals surface area (Å²) in [6, 6.07) is 19.1. The summed E-state index contributed by atoms with van der Waals surface area (Å²) in [7, 11) is -2.67. The number of anilines is 1. The number of carbonyl (C=O) groups excluding carboxylic acids is 2. The van der Waals surface area contributed by atoms with E-state index in [1.165, 1.54) is 24.1 Å². The first kappa shape index (κ1) is 30.0. The zero-order chi connectivity index (χ0) is 28.6. The van der Waals surface area contributed by atoms with Crippen LogP contribution in [0.4, 0.5) is 5.69 Å². The van der Waals surface area contributed by atoms with Gasteiger partial charge in [0.15, 0.2) is 0 Å². The summed E-state index contributed by atoms with van der Waals surface area (Å²) >= 11 is 6.04. The molecule has 3 aromatic rings. The van der Waals surface area contributed by atoms with Crippen LogP contribution < -0.4 is 14.4 Å². The number of aryl methyl sites for hydroxylation is 1. The van der Waals surface area contributed by atoms with Crippen molar-refractivity contribution < 1.29 is 22.7 Å². The molecule has 1 atom stereocenters. The molecule has 0 radical (unpaired) electrons. The molecule has 39 heavy (non-hydrogen) atoms. The largest absolute Gasteiger partial charge is 0.497 e. The smallest absolute Gasteiger partial charge is 0.264 e. The monoisotopic (exact) mass is 571 g/mol. The second kappa shape index (κ2) is 13.5. The summed E-state index contributed by atoms with van der Waals surface area (Å²) < 4.78 is 34.2. The molecule has 8 nitrogen and oxygen atoms in total. The van der Waals surface area contributed by atoms with Gasteiger partial charge in [0.25, 0.3) is 10.0 Å². The number of ether oxygens (including phenoxy) is 1. The minimum atomic E-state index is -4.15. The Balaban J connectivity index is 2.07. The van der Waals surface area contributed by atoms with E-state index in [2.05, 4.69) is 5.32 Å². The number of sulfonamides is 1. The lowest BCUT2D eigenvalue weighted by Gasteiger charge is -2.33. The van der Waals surface area contributed by atoms with Crippen molar-refractivity contribution in [2.24, 2.45) is 0 Å². The van der Waals surface area contributed by atoms with Gasteiger partial charge in [-0.2, -0.15) is 0 Å². The van der Waals surface area contributed by atoms with Crippen molar-refractivity contribution in [3.63, 3.8) is 0 Å². The lowest BCUT2D eigenvalue weighted by Crippen LogP contribution is -2.52. The van der Waals surface area contributed by atoms with Gasteiger partial charge in [0.1, 0.15) is 18.3 Å². The van der Waals surface area contributed by atoms with Crippen LogP contribution in [0, 0.1) is 6.92 Å². The first-order chi connectivity index (χ1) is 18.6. The van der Waals surface area contributed by atoms with Gasteiger partial charge in [-0.15, -0.1) is 0 Å². The molecule has 3 aromatic carbocycles. The Morgan fingerprint density at radius 2 is 1.67 bits per heavy atom. The molecule has 0 aliphatic rings. The Hall–Kier alpha value is -3.56. The second-order valence-corrected chi connectivity index (χ2v) is 11.3. The van der Waals surface area contributed by atoms with E-state index in [4.69, 9.17) is 16.3 Å². The molecular formula is C29H34ClN3O5S. The summed E-state index contributed by atoms with van der Waals surface area (Å²) in [6.45, 7) is 5.45. The average molecular weight is 572 g/mol. The maximum absolute atomic E-state index is 14.0. The molecule has 0 saturated carbocycles. The van der Waals surface area contributed by atoms with Crippen molar-refractivity contribution in [3.05, 3.63) is 88.9 Å². The van der Waals surface area contributed by atoms with Crippen molar-refractivity contribution in [1.29, 1.82) is 0 Å². The molecule has 208 valence electrons. The lowest BCUT2D eigenvalue weighted by molar-refractivity contribution is -0.140. The van der Waals surface area contributed by atoms with Gasteiger partial charge in [0.2, 0.25) is 11.8 Å². The van der Waals surface area contributed by atoms with Crippen LogP contribution in [0.5, 0.6) is 5.75 Å². The molecule has 3 rings (SSSR count). The van der Waals surface area contributed by atoms with E-state index < -0.39 is 28.5 Å². The van der Waals surface area contributed by atoms with Crippen molar-refractivity contribution in [2.45, 2.75) is 44.7 Å². The molecule has 0 spiro atoms. The lowest BCUT2D eigenvalue weighted by atomic mass is 10.1. The van der Waals surface area contributed by atoms with Gasteiger partial charge in [-0.1, -0.05) is 54.4 Å². The number of nitrogens with zero attached hydrogens (tertiary/aromatic N) is 2.